The molecule has 96 valence electrons. The van der Waals surface area contributed by atoms with Gasteiger partial charge in [0, 0.05) is 37.6 Å². The maximum absolute atomic E-state index is 5.45. The minimum Gasteiger partial charge on any atom is -0.382 e. The maximum atomic E-state index is 5.45. The number of hydrogen-bond acceptors (Lipinski definition) is 3. The lowest BCUT2D eigenvalue weighted by Gasteiger charge is -2.19. The van der Waals surface area contributed by atoms with Crippen molar-refractivity contribution in [1.82, 2.24) is 15.5 Å². The van der Waals surface area contributed by atoms with Crippen LogP contribution in [0.5, 0.6) is 0 Å². The van der Waals surface area contributed by atoms with Crippen LogP contribution in [0.15, 0.2) is 12.4 Å². The number of ether oxygens (including phenoxy) is 1. The van der Waals surface area contributed by atoms with Crippen LogP contribution in [0, 0.1) is 5.41 Å². The van der Waals surface area contributed by atoms with Crippen LogP contribution in [0.4, 0.5) is 0 Å². The van der Waals surface area contributed by atoms with Crippen LogP contribution in [0.3, 0.4) is 0 Å². The average molecular weight is 237 g/mol. The molecule has 0 aliphatic heterocycles. The molecule has 0 radical (unpaired) electrons. The molecule has 1 heterocycles. The van der Waals surface area contributed by atoms with Gasteiger partial charge < -0.3 is 10.1 Å². The summed E-state index contributed by atoms with van der Waals surface area (Å²) in [6.45, 7) is 7.06. The van der Waals surface area contributed by atoms with Crippen molar-refractivity contribution in [2.24, 2.45) is 5.41 Å². The minimum atomic E-state index is 0.373. The molecule has 1 atom stereocenters. The van der Waals surface area contributed by atoms with E-state index in [4.69, 9.17) is 4.74 Å². The van der Waals surface area contributed by atoms with Gasteiger partial charge >= 0.3 is 0 Å². The third kappa shape index (κ3) is 3.54. The first-order valence-corrected chi connectivity index (χ1v) is 6.55. The first kappa shape index (κ1) is 12.6. The molecule has 1 saturated carbocycles. The lowest BCUT2D eigenvalue weighted by atomic mass is 10.0. The van der Waals surface area contributed by atoms with E-state index in [0.29, 0.717) is 11.5 Å². The van der Waals surface area contributed by atoms with Gasteiger partial charge in [0.05, 0.1) is 6.20 Å². The van der Waals surface area contributed by atoms with E-state index in [9.17, 15) is 0 Å². The van der Waals surface area contributed by atoms with Gasteiger partial charge in [0.25, 0.3) is 0 Å². The molecule has 1 unspecified atom stereocenters. The molecule has 1 aliphatic rings. The fourth-order valence-electron chi connectivity index (χ4n) is 2.11. The van der Waals surface area contributed by atoms with Gasteiger partial charge in [-0.1, -0.05) is 0 Å². The van der Waals surface area contributed by atoms with Crippen molar-refractivity contribution >= 4 is 0 Å². The maximum Gasteiger partial charge on any atom is 0.0534 e. The Morgan fingerprint density at radius 2 is 2.41 bits per heavy atom. The SMILES string of the molecule is CCOCCC1(CNC(C)c2cn[nH]c2)CC1. The lowest BCUT2D eigenvalue weighted by Crippen LogP contribution is -2.27. The van der Waals surface area contributed by atoms with Crippen molar-refractivity contribution in [3.8, 4) is 0 Å². The summed E-state index contributed by atoms with van der Waals surface area (Å²) in [6, 6.07) is 0.373. The molecule has 1 aromatic rings. The smallest absolute Gasteiger partial charge is 0.0534 e. The number of rotatable bonds is 8. The highest BCUT2D eigenvalue weighted by molar-refractivity contribution is 5.08. The molecule has 0 amide bonds. The number of H-pyrrole nitrogens is 1. The zero-order chi connectivity index (χ0) is 12.1. The fourth-order valence-corrected chi connectivity index (χ4v) is 2.11. The standard InChI is InChI=1S/C13H23N3O/c1-3-17-7-6-13(4-5-13)10-14-11(2)12-8-15-16-9-12/h8-9,11,14H,3-7,10H2,1-2H3,(H,15,16). The Morgan fingerprint density at radius 1 is 1.59 bits per heavy atom. The van der Waals surface area contributed by atoms with Gasteiger partial charge in [-0.3, -0.25) is 5.10 Å². The van der Waals surface area contributed by atoms with Gasteiger partial charge in [-0.05, 0) is 38.5 Å². The highest BCUT2D eigenvalue weighted by atomic mass is 16.5. The van der Waals surface area contributed by atoms with Crippen LogP contribution < -0.4 is 5.32 Å². The van der Waals surface area contributed by atoms with Crippen LogP contribution in [0.2, 0.25) is 0 Å². The van der Waals surface area contributed by atoms with Crippen molar-refractivity contribution < 1.29 is 4.74 Å². The molecule has 1 aliphatic carbocycles. The fraction of sp³-hybridized carbons (Fsp3) is 0.769. The predicted octanol–water partition coefficient (Wildman–Crippen LogP) is 2.27. The normalized spacial score (nSPS) is 19.2. The first-order chi connectivity index (χ1) is 8.26. The van der Waals surface area contributed by atoms with Crippen LogP contribution in [-0.2, 0) is 4.74 Å². The second-order valence-corrected chi connectivity index (χ2v) is 5.08. The molecule has 4 nitrogen and oxygen atoms in total. The number of aromatic nitrogens is 2. The number of hydrogen-bond donors (Lipinski definition) is 2. The average Bonchev–Trinajstić information content (AvgIpc) is 2.90. The summed E-state index contributed by atoms with van der Waals surface area (Å²) in [7, 11) is 0. The summed E-state index contributed by atoms with van der Waals surface area (Å²) < 4.78 is 5.45. The highest BCUT2D eigenvalue weighted by Crippen LogP contribution is 2.48. The molecule has 1 fully saturated rings. The molecular weight excluding hydrogens is 214 g/mol. The van der Waals surface area contributed by atoms with E-state index in [1.807, 2.05) is 12.4 Å². The lowest BCUT2D eigenvalue weighted by molar-refractivity contribution is 0.127. The Morgan fingerprint density at radius 3 is 3.00 bits per heavy atom. The van der Waals surface area contributed by atoms with Crippen molar-refractivity contribution in [1.29, 1.82) is 0 Å². The molecule has 4 heteroatoms. The third-order valence-corrected chi connectivity index (χ3v) is 3.74. The molecule has 0 saturated heterocycles. The van der Waals surface area contributed by atoms with Crippen LogP contribution in [0.25, 0.3) is 0 Å². The summed E-state index contributed by atoms with van der Waals surface area (Å²) in [5, 5.41) is 10.4. The van der Waals surface area contributed by atoms with Crippen molar-refractivity contribution in [3.63, 3.8) is 0 Å². The minimum absolute atomic E-state index is 0.373. The Hall–Kier alpha value is -0.870. The van der Waals surface area contributed by atoms with Gasteiger partial charge in [0.15, 0.2) is 0 Å². The van der Waals surface area contributed by atoms with E-state index < -0.39 is 0 Å². The summed E-state index contributed by atoms with van der Waals surface area (Å²) in [6.07, 6.45) is 7.71. The van der Waals surface area contributed by atoms with Gasteiger partial charge in [-0.2, -0.15) is 5.10 Å². The Balaban J connectivity index is 1.70. The summed E-state index contributed by atoms with van der Waals surface area (Å²) in [5.74, 6) is 0. The van der Waals surface area contributed by atoms with E-state index in [1.54, 1.807) is 0 Å². The number of nitrogens with zero attached hydrogens (tertiary/aromatic N) is 1. The summed E-state index contributed by atoms with van der Waals surface area (Å²) in [4.78, 5) is 0. The van der Waals surface area contributed by atoms with Crippen molar-refractivity contribution in [2.75, 3.05) is 19.8 Å². The van der Waals surface area contributed by atoms with E-state index in [0.717, 1.165) is 19.8 Å². The molecule has 0 aromatic carbocycles. The monoisotopic (exact) mass is 237 g/mol. The highest BCUT2D eigenvalue weighted by Gasteiger charge is 2.41. The van der Waals surface area contributed by atoms with Crippen LogP contribution in [-0.4, -0.2) is 30.0 Å². The van der Waals surface area contributed by atoms with E-state index in [2.05, 4.69) is 29.4 Å². The van der Waals surface area contributed by atoms with Gasteiger partial charge in [0.2, 0.25) is 0 Å². The number of aromatic amines is 1. The van der Waals surface area contributed by atoms with Crippen molar-refractivity contribution in [3.05, 3.63) is 18.0 Å². The topological polar surface area (TPSA) is 49.9 Å². The van der Waals surface area contributed by atoms with E-state index in [1.165, 1.54) is 24.8 Å². The Labute approximate surface area is 103 Å². The molecule has 2 rings (SSSR count). The van der Waals surface area contributed by atoms with Crippen LogP contribution in [0.1, 0.15) is 44.7 Å². The molecule has 1 aromatic heterocycles. The first-order valence-electron chi connectivity index (χ1n) is 6.55. The summed E-state index contributed by atoms with van der Waals surface area (Å²) >= 11 is 0. The zero-order valence-electron chi connectivity index (χ0n) is 10.8. The third-order valence-electron chi connectivity index (χ3n) is 3.74. The Kier molecular flexibility index (Phi) is 4.18. The van der Waals surface area contributed by atoms with Gasteiger partial charge in [-0.25, -0.2) is 0 Å². The zero-order valence-corrected chi connectivity index (χ0v) is 10.8. The summed E-state index contributed by atoms with van der Waals surface area (Å²) in [5.41, 5.74) is 1.73. The number of nitrogens with one attached hydrogen (secondary N) is 2. The Bertz CT molecular complexity index is 319. The van der Waals surface area contributed by atoms with E-state index >= 15 is 0 Å². The second kappa shape index (κ2) is 5.65. The van der Waals surface area contributed by atoms with E-state index in [-0.39, 0.29) is 0 Å². The second-order valence-electron chi connectivity index (χ2n) is 5.08. The van der Waals surface area contributed by atoms with Gasteiger partial charge in [0.1, 0.15) is 0 Å². The van der Waals surface area contributed by atoms with Crippen molar-refractivity contribution in [2.45, 2.75) is 39.2 Å². The molecule has 2 N–H and O–H groups in total. The molecular formula is C13H23N3O. The van der Waals surface area contributed by atoms with Gasteiger partial charge in [-0.15, -0.1) is 0 Å². The molecule has 0 bridgehead atoms. The van der Waals surface area contributed by atoms with Crippen LogP contribution >= 0.6 is 0 Å². The molecule has 0 spiro atoms. The quantitative estimate of drug-likeness (QED) is 0.682. The molecule has 17 heavy (non-hydrogen) atoms. The largest absolute Gasteiger partial charge is 0.382 e. The predicted molar refractivity (Wildman–Crippen MR) is 67.8 cm³/mol.